The van der Waals surface area contributed by atoms with E-state index >= 15 is 0 Å². The monoisotopic (exact) mass is 575 g/mol. The molecule has 1 fully saturated rings. The molecule has 1 aliphatic carbocycles. The number of alkyl halides is 3. The van der Waals surface area contributed by atoms with Gasteiger partial charge in [-0.3, -0.25) is 10.1 Å². The van der Waals surface area contributed by atoms with Crippen LogP contribution in [0.1, 0.15) is 62.4 Å². The van der Waals surface area contributed by atoms with Crippen LogP contribution in [-0.4, -0.2) is 42.2 Å². The Balaban J connectivity index is 1.75. The minimum absolute atomic E-state index is 0.0351. The van der Waals surface area contributed by atoms with Crippen molar-refractivity contribution in [2.24, 2.45) is 32.5 Å². The summed E-state index contributed by atoms with van der Waals surface area (Å²) in [5, 5.41) is 15.8. The lowest BCUT2D eigenvalue weighted by Crippen LogP contribution is -2.45. The third-order valence-corrected chi connectivity index (χ3v) is 7.07. The van der Waals surface area contributed by atoms with Crippen LogP contribution in [-0.2, 0) is 6.54 Å². The molecular weight excluding hydrogens is 539 g/mol. The van der Waals surface area contributed by atoms with Crippen molar-refractivity contribution < 1.29 is 27.5 Å². The van der Waals surface area contributed by atoms with Gasteiger partial charge in [0.15, 0.2) is 0 Å². The number of hydrogen-bond acceptors (Lipinski definition) is 6. The number of nitrogens with zero attached hydrogens (tertiary/aromatic N) is 4. The average molecular weight is 576 g/mol. The fraction of sp³-hybridized carbons (Fsp3) is 0.464. The summed E-state index contributed by atoms with van der Waals surface area (Å²) in [7, 11) is 1.42. The molecule has 0 radical (unpaired) electrons. The molecule has 3 amide bonds. The van der Waals surface area contributed by atoms with Gasteiger partial charge in [0.05, 0.1) is 0 Å². The Labute approximate surface area is 237 Å². The summed E-state index contributed by atoms with van der Waals surface area (Å²) < 4.78 is 41.4. The summed E-state index contributed by atoms with van der Waals surface area (Å²) in [6.45, 7) is 6.94. The quantitative estimate of drug-likeness (QED) is 0.123. The molecule has 10 nitrogen and oxygen atoms in total. The van der Waals surface area contributed by atoms with Crippen molar-refractivity contribution in [3.63, 3.8) is 0 Å². The standard InChI is InChI=1S/C28H36F3N7O3/c1-27(2,3)20-9-13-22(14-10-20)38(26(40)34-21-11-15-23(16-12-21)41-28(29,30)31)17-18-5-7-19(8-6-18)24(39)35-25(36-32)37-33-4/h5-8,11-12,15-16,20,22H,9-10,13-14,17,32H2,1-4H3,(H,34,40)(H,35,36,39). The molecular formula is C28H36F3N7O3. The van der Waals surface area contributed by atoms with Crippen molar-refractivity contribution in [2.45, 2.75) is 65.4 Å². The second kappa shape index (κ2) is 13.5. The number of hydrazone groups is 1. The van der Waals surface area contributed by atoms with Crippen LogP contribution in [0.5, 0.6) is 5.75 Å². The number of azo groups is 1. The van der Waals surface area contributed by atoms with Crippen LogP contribution < -0.4 is 21.2 Å². The topological polar surface area (TPSA) is 134 Å². The zero-order valence-corrected chi connectivity index (χ0v) is 23.5. The van der Waals surface area contributed by atoms with Gasteiger partial charge in [0, 0.05) is 30.9 Å². The molecule has 3 rings (SSSR count). The molecule has 4 N–H and O–H groups in total. The molecule has 0 aromatic heterocycles. The van der Waals surface area contributed by atoms with Crippen molar-refractivity contribution >= 4 is 23.6 Å². The number of hydrogen-bond donors (Lipinski definition) is 3. The Morgan fingerprint density at radius 1 is 1.00 bits per heavy atom. The number of guanidine groups is 1. The van der Waals surface area contributed by atoms with Crippen molar-refractivity contribution in [1.29, 1.82) is 0 Å². The SMILES string of the molecule is CN=NC(=NN)NC(=O)c1ccc(CN(C(=O)Nc2ccc(OC(F)(F)F)cc2)C2CCC(C(C)(C)C)CC2)cc1. The second-order valence-electron chi connectivity index (χ2n) is 10.9. The molecule has 13 heteroatoms. The first-order valence-electron chi connectivity index (χ1n) is 13.2. The number of anilines is 1. The van der Waals surface area contributed by atoms with Gasteiger partial charge in [-0.25, -0.2) is 4.79 Å². The van der Waals surface area contributed by atoms with Crippen LogP contribution in [0.25, 0.3) is 0 Å². The van der Waals surface area contributed by atoms with Crippen LogP contribution in [0, 0.1) is 11.3 Å². The molecule has 41 heavy (non-hydrogen) atoms. The van der Waals surface area contributed by atoms with E-state index in [2.05, 4.69) is 51.5 Å². The van der Waals surface area contributed by atoms with Crippen LogP contribution in [0.3, 0.4) is 0 Å². The zero-order valence-electron chi connectivity index (χ0n) is 23.5. The highest BCUT2D eigenvalue weighted by molar-refractivity contribution is 6.05. The van der Waals surface area contributed by atoms with Crippen molar-refractivity contribution in [1.82, 2.24) is 10.2 Å². The molecule has 0 heterocycles. The fourth-order valence-corrected chi connectivity index (χ4v) is 4.87. The highest BCUT2D eigenvalue weighted by atomic mass is 19.4. The van der Waals surface area contributed by atoms with Crippen LogP contribution in [0.15, 0.2) is 63.9 Å². The van der Waals surface area contributed by atoms with Crippen LogP contribution >= 0.6 is 0 Å². The number of urea groups is 1. The lowest BCUT2D eigenvalue weighted by Gasteiger charge is -2.41. The van der Waals surface area contributed by atoms with E-state index in [9.17, 15) is 22.8 Å². The molecule has 222 valence electrons. The molecule has 1 aliphatic rings. The van der Waals surface area contributed by atoms with Crippen molar-refractivity contribution in [3.8, 4) is 5.75 Å². The van der Waals surface area contributed by atoms with E-state index in [4.69, 9.17) is 5.84 Å². The Morgan fingerprint density at radius 2 is 1.61 bits per heavy atom. The van der Waals surface area contributed by atoms with Gasteiger partial charge < -0.3 is 20.8 Å². The number of carbonyl (C=O) groups is 2. The molecule has 0 saturated heterocycles. The highest BCUT2D eigenvalue weighted by Gasteiger charge is 2.34. The van der Waals surface area contributed by atoms with E-state index in [1.807, 2.05) is 0 Å². The number of nitrogens with two attached hydrogens (primary N) is 1. The number of amides is 3. The summed E-state index contributed by atoms with van der Waals surface area (Å²) in [5.74, 6) is 4.77. The lowest BCUT2D eigenvalue weighted by atomic mass is 9.71. The van der Waals surface area contributed by atoms with E-state index in [0.29, 0.717) is 17.2 Å². The minimum Gasteiger partial charge on any atom is -0.406 e. The predicted molar refractivity (Wildman–Crippen MR) is 149 cm³/mol. The normalized spacial score (nSPS) is 18.2. The van der Waals surface area contributed by atoms with Crippen LogP contribution in [0.2, 0.25) is 0 Å². The van der Waals surface area contributed by atoms with Gasteiger partial charge in [-0.1, -0.05) is 32.9 Å². The molecule has 0 aliphatic heterocycles. The highest BCUT2D eigenvalue weighted by Crippen LogP contribution is 2.39. The molecule has 1 saturated carbocycles. The van der Waals surface area contributed by atoms with Gasteiger partial charge in [-0.05, 0) is 79.0 Å². The Bertz CT molecular complexity index is 1230. The summed E-state index contributed by atoms with van der Waals surface area (Å²) >= 11 is 0. The number of nitrogens with one attached hydrogen (secondary N) is 2. The van der Waals surface area contributed by atoms with Crippen molar-refractivity contribution in [3.05, 3.63) is 59.7 Å². The number of halogens is 3. The minimum atomic E-state index is -4.80. The maximum absolute atomic E-state index is 13.5. The summed E-state index contributed by atoms with van der Waals surface area (Å²) in [6, 6.07) is 11.3. The van der Waals surface area contributed by atoms with Gasteiger partial charge in [0.1, 0.15) is 5.75 Å². The van der Waals surface area contributed by atoms with Gasteiger partial charge >= 0.3 is 12.4 Å². The maximum atomic E-state index is 13.5. The molecule has 0 atom stereocenters. The summed E-state index contributed by atoms with van der Waals surface area (Å²) in [5.41, 5.74) is 1.64. The Kier molecular flexibility index (Phi) is 10.3. The molecule has 2 aromatic rings. The van der Waals surface area contributed by atoms with E-state index in [1.165, 1.54) is 19.2 Å². The van der Waals surface area contributed by atoms with Gasteiger partial charge in [0.25, 0.3) is 11.9 Å². The smallest absolute Gasteiger partial charge is 0.406 e. The number of ether oxygens (including phenoxy) is 1. The van der Waals surface area contributed by atoms with Crippen LogP contribution in [0.4, 0.5) is 23.7 Å². The second-order valence-corrected chi connectivity index (χ2v) is 10.9. The lowest BCUT2D eigenvalue weighted by molar-refractivity contribution is -0.274. The predicted octanol–water partition coefficient (Wildman–Crippen LogP) is 6.27. The Morgan fingerprint density at radius 3 is 2.12 bits per heavy atom. The van der Waals surface area contributed by atoms with E-state index in [1.54, 1.807) is 29.2 Å². The van der Waals surface area contributed by atoms with Gasteiger partial charge in [0.2, 0.25) is 0 Å². The fourth-order valence-electron chi connectivity index (χ4n) is 4.87. The number of rotatable bonds is 6. The molecule has 0 bridgehead atoms. The third kappa shape index (κ3) is 9.47. The summed E-state index contributed by atoms with van der Waals surface area (Å²) in [6.07, 6.45) is -1.21. The van der Waals surface area contributed by atoms with E-state index in [-0.39, 0.29) is 35.7 Å². The van der Waals surface area contributed by atoms with Crippen molar-refractivity contribution in [2.75, 3.05) is 12.4 Å². The van der Waals surface area contributed by atoms with Gasteiger partial charge in [-0.15, -0.1) is 23.4 Å². The maximum Gasteiger partial charge on any atom is 0.573 e. The third-order valence-electron chi connectivity index (χ3n) is 7.07. The van der Waals surface area contributed by atoms with E-state index in [0.717, 1.165) is 43.4 Å². The molecule has 0 spiro atoms. The summed E-state index contributed by atoms with van der Waals surface area (Å²) in [4.78, 5) is 27.7. The number of benzene rings is 2. The Hall–Kier alpha value is -4.16. The first-order chi connectivity index (χ1) is 19.3. The average Bonchev–Trinajstić information content (AvgIpc) is 2.91. The first kappa shape index (κ1) is 31.4. The molecule has 0 unspecified atom stereocenters. The first-order valence-corrected chi connectivity index (χ1v) is 13.2. The zero-order chi connectivity index (χ0) is 30.2. The number of carbonyl (C=O) groups excluding carboxylic acids is 2. The molecule has 2 aromatic carbocycles. The largest absolute Gasteiger partial charge is 0.573 e. The van der Waals surface area contributed by atoms with Gasteiger partial charge in [-0.2, -0.15) is 5.11 Å². The van der Waals surface area contributed by atoms with E-state index < -0.39 is 12.3 Å².